The molecule has 1 aromatic heterocycles. The van der Waals surface area contributed by atoms with Crippen LogP contribution in [0, 0.1) is 5.92 Å². The fraction of sp³-hybridized carbons (Fsp3) is 0.786. The molecule has 0 amide bonds. The summed E-state index contributed by atoms with van der Waals surface area (Å²) in [4.78, 5) is 6.99. The Labute approximate surface area is 110 Å². The smallest absolute Gasteiger partial charge is 0.122 e. The SMILES string of the molecule is CC(C)N(Cc1nccn1C)CC1CCNCC1. The predicted molar refractivity (Wildman–Crippen MR) is 74.3 cm³/mol. The molecular weight excluding hydrogens is 224 g/mol. The Balaban J connectivity index is 1.93. The Kier molecular flexibility index (Phi) is 4.78. The molecule has 4 nitrogen and oxygen atoms in total. The monoisotopic (exact) mass is 250 g/mol. The number of hydrogen-bond donors (Lipinski definition) is 1. The van der Waals surface area contributed by atoms with Crippen molar-refractivity contribution < 1.29 is 0 Å². The number of imidazole rings is 1. The highest BCUT2D eigenvalue weighted by atomic mass is 15.2. The number of nitrogens with zero attached hydrogens (tertiary/aromatic N) is 3. The van der Waals surface area contributed by atoms with Gasteiger partial charge in [0, 0.05) is 32.0 Å². The van der Waals surface area contributed by atoms with Crippen LogP contribution in [0.2, 0.25) is 0 Å². The van der Waals surface area contributed by atoms with Gasteiger partial charge in [-0.2, -0.15) is 0 Å². The molecule has 1 aromatic rings. The Morgan fingerprint density at radius 1 is 1.44 bits per heavy atom. The van der Waals surface area contributed by atoms with Gasteiger partial charge in [0.1, 0.15) is 5.82 Å². The van der Waals surface area contributed by atoms with E-state index in [2.05, 4.69) is 40.7 Å². The van der Waals surface area contributed by atoms with Crippen molar-refractivity contribution >= 4 is 0 Å². The minimum atomic E-state index is 0.580. The molecule has 0 aromatic carbocycles. The van der Waals surface area contributed by atoms with Crippen LogP contribution in [-0.4, -0.2) is 40.1 Å². The largest absolute Gasteiger partial charge is 0.337 e. The van der Waals surface area contributed by atoms with Crippen LogP contribution in [0.3, 0.4) is 0 Å². The molecule has 1 fully saturated rings. The van der Waals surface area contributed by atoms with Gasteiger partial charge in [-0.1, -0.05) is 0 Å². The molecule has 1 saturated heterocycles. The summed E-state index contributed by atoms with van der Waals surface area (Å²) in [7, 11) is 2.07. The first-order valence-corrected chi connectivity index (χ1v) is 7.07. The number of hydrogen-bond acceptors (Lipinski definition) is 3. The van der Waals surface area contributed by atoms with Crippen molar-refractivity contribution in [3.05, 3.63) is 18.2 Å². The van der Waals surface area contributed by atoms with Crippen molar-refractivity contribution in [2.24, 2.45) is 13.0 Å². The van der Waals surface area contributed by atoms with E-state index >= 15 is 0 Å². The molecule has 0 spiro atoms. The maximum Gasteiger partial charge on any atom is 0.122 e. The maximum absolute atomic E-state index is 4.44. The predicted octanol–water partition coefficient (Wildman–Crippen LogP) is 1.63. The van der Waals surface area contributed by atoms with Crippen LogP contribution < -0.4 is 5.32 Å². The van der Waals surface area contributed by atoms with Crippen LogP contribution in [0.4, 0.5) is 0 Å². The molecule has 18 heavy (non-hydrogen) atoms. The molecule has 4 heteroatoms. The average molecular weight is 250 g/mol. The van der Waals surface area contributed by atoms with Gasteiger partial charge in [0.15, 0.2) is 0 Å². The minimum Gasteiger partial charge on any atom is -0.337 e. The summed E-state index contributed by atoms with van der Waals surface area (Å²) in [5, 5.41) is 3.44. The lowest BCUT2D eigenvalue weighted by atomic mass is 9.97. The van der Waals surface area contributed by atoms with Gasteiger partial charge in [0.05, 0.1) is 6.54 Å². The molecule has 1 aliphatic rings. The molecule has 102 valence electrons. The Hall–Kier alpha value is -0.870. The standard InChI is InChI=1S/C14H26N4/c1-12(2)18(10-13-4-6-15-7-5-13)11-14-16-8-9-17(14)3/h8-9,12-13,15H,4-7,10-11H2,1-3H3. The molecular formula is C14H26N4. The third kappa shape index (κ3) is 3.56. The lowest BCUT2D eigenvalue weighted by Crippen LogP contribution is -2.39. The second kappa shape index (κ2) is 6.34. The quantitative estimate of drug-likeness (QED) is 0.862. The first-order valence-electron chi connectivity index (χ1n) is 7.07. The first kappa shape index (κ1) is 13.6. The summed E-state index contributed by atoms with van der Waals surface area (Å²) < 4.78 is 2.12. The van der Waals surface area contributed by atoms with Gasteiger partial charge in [0.2, 0.25) is 0 Å². The topological polar surface area (TPSA) is 33.1 Å². The zero-order valence-corrected chi connectivity index (χ0v) is 11.9. The molecule has 0 radical (unpaired) electrons. The maximum atomic E-state index is 4.44. The molecule has 0 aliphatic carbocycles. The van der Waals surface area contributed by atoms with E-state index in [1.807, 2.05) is 12.4 Å². The molecule has 1 N–H and O–H groups in total. The third-order valence-electron chi connectivity index (χ3n) is 3.95. The van der Waals surface area contributed by atoms with Crippen molar-refractivity contribution in [2.75, 3.05) is 19.6 Å². The number of aromatic nitrogens is 2. The molecule has 0 unspecified atom stereocenters. The number of piperidine rings is 1. The van der Waals surface area contributed by atoms with Crippen LogP contribution in [0.25, 0.3) is 0 Å². The molecule has 0 saturated carbocycles. The highest BCUT2D eigenvalue weighted by molar-refractivity contribution is 4.92. The minimum absolute atomic E-state index is 0.580. The van der Waals surface area contributed by atoms with Crippen LogP contribution in [0.15, 0.2) is 12.4 Å². The lowest BCUT2D eigenvalue weighted by Gasteiger charge is -2.32. The Morgan fingerprint density at radius 2 is 2.17 bits per heavy atom. The van der Waals surface area contributed by atoms with Gasteiger partial charge in [-0.05, 0) is 45.7 Å². The summed E-state index contributed by atoms with van der Waals surface area (Å²) in [5.74, 6) is 2.01. The van der Waals surface area contributed by atoms with Gasteiger partial charge < -0.3 is 9.88 Å². The lowest BCUT2D eigenvalue weighted by molar-refractivity contribution is 0.157. The highest BCUT2D eigenvalue weighted by Gasteiger charge is 2.19. The molecule has 2 rings (SSSR count). The fourth-order valence-corrected chi connectivity index (χ4v) is 2.58. The van der Waals surface area contributed by atoms with Gasteiger partial charge in [0.25, 0.3) is 0 Å². The molecule has 0 bridgehead atoms. The number of aryl methyl sites for hydroxylation is 1. The van der Waals surface area contributed by atoms with Gasteiger partial charge >= 0.3 is 0 Å². The first-order chi connectivity index (χ1) is 8.66. The number of rotatable bonds is 5. The van der Waals surface area contributed by atoms with E-state index in [1.165, 1.54) is 32.5 Å². The van der Waals surface area contributed by atoms with E-state index < -0.39 is 0 Å². The van der Waals surface area contributed by atoms with Crippen LogP contribution >= 0.6 is 0 Å². The second-order valence-corrected chi connectivity index (χ2v) is 5.67. The zero-order valence-electron chi connectivity index (χ0n) is 11.9. The van der Waals surface area contributed by atoms with Crippen LogP contribution in [0.1, 0.15) is 32.5 Å². The molecule has 0 atom stereocenters. The van der Waals surface area contributed by atoms with Crippen LogP contribution in [-0.2, 0) is 13.6 Å². The zero-order chi connectivity index (χ0) is 13.0. The van der Waals surface area contributed by atoms with Gasteiger partial charge in [-0.15, -0.1) is 0 Å². The van der Waals surface area contributed by atoms with E-state index in [1.54, 1.807) is 0 Å². The van der Waals surface area contributed by atoms with Crippen molar-refractivity contribution in [3.63, 3.8) is 0 Å². The van der Waals surface area contributed by atoms with E-state index in [0.717, 1.165) is 18.3 Å². The summed E-state index contributed by atoms with van der Waals surface area (Å²) in [6.07, 6.45) is 6.53. The summed E-state index contributed by atoms with van der Waals surface area (Å²) in [6, 6.07) is 0.580. The van der Waals surface area contributed by atoms with Gasteiger partial charge in [-0.25, -0.2) is 4.98 Å². The normalized spacial score (nSPS) is 17.8. The van der Waals surface area contributed by atoms with Gasteiger partial charge in [-0.3, -0.25) is 4.90 Å². The van der Waals surface area contributed by atoms with Crippen molar-refractivity contribution in [1.29, 1.82) is 0 Å². The van der Waals surface area contributed by atoms with E-state index in [0.29, 0.717) is 6.04 Å². The summed E-state index contributed by atoms with van der Waals surface area (Å²) in [5.41, 5.74) is 0. The Morgan fingerprint density at radius 3 is 2.72 bits per heavy atom. The van der Waals surface area contributed by atoms with E-state index in [-0.39, 0.29) is 0 Å². The fourth-order valence-electron chi connectivity index (χ4n) is 2.58. The van der Waals surface area contributed by atoms with Crippen molar-refractivity contribution in [1.82, 2.24) is 19.8 Å². The average Bonchev–Trinajstić information content (AvgIpc) is 2.75. The summed E-state index contributed by atoms with van der Waals surface area (Å²) in [6.45, 7) is 9.09. The van der Waals surface area contributed by atoms with Crippen molar-refractivity contribution in [2.45, 2.75) is 39.3 Å². The third-order valence-corrected chi connectivity index (χ3v) is 3.95. The second-order valence-electron chi connectivity index (χ2n) is 5.67. The van der Waals surface area contributed by atoms with Crippen molar-refractivity contribution in [3.8, 4) is 0 Å². The summed E-state index contributed by atoms with van der Waals surface area (Å²) >= 11 is 0. The number of nitrogens with one attached hydrogen (secondary N) is 1. The highest BCUT2D eigenvalue weighted by Crippen LogP contribution is 2.16. The Bertz CT molecular complexity index is 352. The molecule has 2 heterocycles. The van der Waals surface area contributed by atoms with E-state index in [4.69, 9.17) is 0 Å². The van der Waals surface area contributed by atoms with E-state index in [9.17, 15) is 0 Å². The molecule has 1 aliphatic heterocycles. The van der Waals surface area contributed by atoms with Crippen LogP contribution in [0.5, 0.6) is 0 Å².